The minimum Gasteiger partial charge on any atom is -0.421 e. The molecule has 0 aliphatic heterocycles. The van der Waals surface area contributed by atoms with Gasteiger partial charge in [0, 0.05) is 31.0 Å². The van der Waals surface area contributed by atoms with Gasteiger partial charge in [0.1, 0.15) is 5.82 Å². The van der Waals surface area contributed by atoms with E-state index >= 15 is 0 Å². The molecule has 0 saturated heterocycles. The Hall–Kier alpha value is -3.02. The van der Waals surface area contributed by atoms with Crippen LogP contribution in [0, 0.1) is 12.7 Å². The molecular formula is C25H28FN3O2. The number of carbonyl (C=O) groups is 1. The zero-order valence-corrected chi connectivity index (χ0v) is 17.9. The van der Waals surface area contributed by atoms with E-state index in [2.05, 4.69) is 10.2 Å². The number of rotatable bonds is 8. The Morgan fingerprint density at radius 1 is 1.03 bits per heavy atom. The van der Waals surface area contributed by atoms with Crippen LogP contribution in [0.5, 0.6) is 0 Å². The molecule has 0 unspecified atom stereocenters. The molecule has 1 amide bonds. The summed E-state index contributed by atoms with van der Waals surface area (Å²) in [7, 11) is 0. The zero-order valence-electron chi connectivity index (χ0n) is 17.9. The first kappa shape index (κ1) is 21.2. The highest BCUT2D eigenvalue weighted by atomic mass is 19.1. The topological polar surface area (TPSA) is 59.2 Å². The Morgan fingerprint density at radius 3 is 2.45 bits per heavy atom. The first-order valence-corrected chi connectivity index (χ1v) is 11.0. The lowest BCUT2D eigenvalue weighted by Crippen LogP contribution is -2.40. The van der Waals surface area contributed by atoms with Crippen LogP contribution >= 0.6 is 0 Å². The molecule has 1 aliphatic carbocycles. The zero-order chi connectivity index (χ0) is 21.6. The van der Waals surface area contributed by atoms with Gasteiger partial charge in [0.2, 0.25) is 17.7 Å². The average molecular weight is 422 g/mol. The lowest BCUT2D eigenvalue weighted by Gasteiger charge is -2.29. The van der Waals surface area contributed by atoms with E-state index in [-0.39, 0.29) is 11.7 Å². The van der Waals surface area contributed by atoms with Crippen molar-refractivity contribution in [2.45, 2.75) is 57.9 Å². The van der Waals surface area contributed by atoms with Gasteiger partial charge in [0.25, 0.3) is 0 Å². The van der Waals surface area contributed by atoms with Crippen LogP contribution in [0.25, 0.3) is 11.5 Å². The van der Waals surface area contributed by atoms with Crippen molar-refractivity contribution in [2.24, 2.45) is 0 Å². The number of carbonyl (C=O) groups excluding carboxylic acids is 1. The number of amides is 1. The van der Waals surface area contributed by atoms with Gasteiger partial charge in [0.05, 0.1) is 0 Å². The van der Waals surface area contributed by atoms with E-state index in [4.69, 9.17) is 4.42 Å². The number of halogens is 1. The van der Waals surface area contributed by atoms with Gasteiger partial charge in [0.15, 0.2) is 0 Å². The van der Waals surface area contributed by atoms with Crippen molar-refractivity contribution >= 4 is 5.91 Å². The second kappa shape index (κ2) is 9.86. The highest BCUT2D eigenvalue weighted by Gasteiger charge is 2.26. The largest absolute Gasteiger partial charge is 0.421 e. The van der Waals surface area contributed by atoms with E-state index in [1.807, 2.05) is 36.1 Å². The smallest absolute Gasteiger partial charge is 0.247 e. The van der Waals surface area contributed by atoms with Gasteiger partial charge in [-0.2, -0.15) is 0 Å². The Labute approximate surface area is 182 Å². The first-order valence-electron chi connectivity index (χ1n) is 11.0. The molecule has 4 rings (SSSR count). The van der Waals surface area contributed by atoms with E-state index in [0.29, 0.717) is 37.2 Å². The average Bonchev–Trinajstić information content (AvgIpc) is 3.47. The SMILES string of the molecule is Cc1ccc(-c2nnc(CCC(=O)N(CCc3ccc(F)cc3)C3CCCC3)o2)cc1. The van der Waals surface area contributed by atoms with Crippen LogP contribution in [-0.4, -0.2) is 33.6 Å². The molecule has 1 fully saturated rings. The quantitative estimate of drug-likeness (QED) is 0.506. The molecule has 162 valence electrons. The molecule has 31 heavy (non-hydrogen) atoms. The molecule has 6 heteroatoms. The monoisotopic (exact) mass is 421 g/mol. The minimum atomic E-state index is -0.239. The Kier molecular flexibility index (Phi) is 6.75. The van der Waals surface area contributed by atoms with E-state index in [0.717, 1.165) is 43.2 Å². The van der Waals surface area contributed by atoms with Crippen LogP contribution in [0.2, 0.25) is 0 Å². The summed E-state index contributed by atoms with van der Waals surface area (Å²) in [4.78, 5) is 15.1. The van der Waals surface area contributed by atoms with Crippen LogP contribution in [0.3, 0.4) is 0 Å². The first-order chi connectivity index (χ1) is 15.1. The van der Waals surface area contributed by atoms with Crippen molar-refractivity contribution in [1.82, 2.24) is 15.1 Å². The van der Waals surface area contributed by atoms with Crippen molar-refractivity contribution < 1.29 is 13.6 Å². The lowest BCUT2D eigenvalue weighted by atomic mass is 10.1. The van der Waals surface area contributed by atoms with E-state index in [9.17, 15) is 9.18 Å². The molecule has 1 aromatic heterocycles. The summed E-state index contributed by atoms with van der Waals surface area (Å²) in [5.41, 5.74) is 3.08. The molecule has 5 nitrogen and oxygen atoms in total. The maximum absolute atomic E-state index is 13.2. The third-order valence-corrected chi connectivity index (χ3v) is 5.96. The molecule has 1 heterocycles. The van der Waals surface area contributed by atoms with Crippen LogP contribution in [-0.2, 0) is 17.6 Å². The van der Waals surface area contributed by atoms with Gasteiger partial charge in [-0.05, 0) is 56.0 Å². The maximum Gasteiger partial charge on any atom is 0.247 e. The van der Waals surface area contributed by atoms with Gasteiger partial charge in [-0.3, -0.25) is 4.79 Å². The summed E-state index contributed by atoms with van der Waals surface area (Å²) in [6.45, 7) is 2.67. The Bertz CT molecular complexity index is 992. The molecule has 1 saturated carbocycles. The van der Waals surface area contributed by atoms with Crippen LogP contribution in [0.1, 0.15) is 49.1 Å². The fraction of sp³-hybridized carbons (Fsp3) is 0.400. The summed E-state index contributed by atoms with van der Waals surface area (Å²) in [6.07, 6.45) is 5.91. The number of aromatic nitrogens is 2. The van der Waals surface area contributed by atoms with Crippen LogP contribution in [0.15, 0.2) is 52.9 Å². The normalized spacial score (nSPS) is 14.1. The third kappa shape index (κ3) is 5.57. The van der Waals surface area contributed by atoms with Gasteiger partial charge in [-0.25, -0.2) is 4.39 Å². The van der Waals surface area contributed by atoms with Crippen LogP contribution in [0.4, 0.5) is 4.39 Å². The second-order valence-electron chi connectivity index (χ2n) is 8.27. The molecule has 2 aromatic carbocycles. The molecular weight excluding hydrogens is 393 g/mol. The van der Waals surface area contributed by atoms with E-state index in [1.54, 1.807) is 12.1 Å². The van der Waals surface area contributed by atoms with Crippen molar-refractivity contribution in [3.05, 3.63) is 71.4 Å². The summed E-state index contributed by atoms with van der Waals surface area (Å²) in [5.74, 6) is 0.835. The number of hydrogen-bond donors (Lipinski definition) is 0. The predicted molar refractivity (Wildman–Crippen MR) is 117 cm³/mol. The highest BCUT2D eigenvalue weighted by molar-refractivity contribution is 5.76. The van der Waals surface area contributed by atoms with Gasteiger partial charge in [-0.15, -0.1) is 10.2 Å². The van der Waals surface area contributed by atoms with E-state index < -0.39 is 0 Å². The van der Waals surface area contributed by atoms with Gasteiger partial charge in [-0.1, -0.05) is 42.7 Å². The molecule has 3 aromatic rings. The number of benzene rings is 2. The maximum atomic E-state index is 13.2. The number of hydrogen-bond acceptors (Lipinski definition) is 4. The molecule has 0 atom stereocenters. The third-order valence-electron chi connectivity index (χ3n) is 5.96. The Balaban J connectivity index is 1.37. The summed E-state index contributed by atoms with van der Waals surface area (Å²) >= 11 is 0. The number of aryl methyl sites for hydroxylation is 2. The van der Waals surface area contributed by atoms with Crippen molar-refractivity contribution in [3.8, 4) is 11.5 Å². The van der Waals surface area contributed by atoms with Crippen molar-refractivity contribution in [2.75, 3.05) is 6.54 Å². The van der Waals surface area contributed by atoms with Gasteiger partial charge >= 0.3 is 0 Å². The highest BCUT2D eigenvalue weighted by Crippen LogP contribution is 2.25. The van der Waals surface area contributed by atoms with Crippen molar-refractivity contribution in [3.63, 3.8) is 0 Å². The second-order valence-corrected chi connectivity index (χ2v) is 8.27. The summed E-state index contributed by atoms with van der Waals surface area (Å²) in [6, 6.07) is 14.7. The number of nitrogens with zero attached hydrogens (tertiary/aromatic N) is 3. The van der Waals surface area contributed by atoms with Crippen LogP contribution < -0.4 is 0 Å². The van der Waals surface area contributed by atoms with Crippen molar-refractivity contribution in [1.29, 1.82) is 0 Å². The summed E-state index contributed by atoms with van der Waals surface area (Å²) in [5, 5.41) is 8.25. The standard InChI is InChI=1S/C25H28FN3O2/c1-18-6-10-20(11-7-18)25-28-27-23(31-25)14-15-24(30)29(22-4-2-3-5-22)17-16-19-8-12-21(26)13-9-19/h6-13,22H,2-5,14-17H2,1H3. The van der Waals surface area contributed by atoms with Gasteiger partial charge < -0.3 is 9.32 Å². The van der Waals surface area contributed by atoms with E-state index in [1.165, 1.54) is 17.7 Å². The molecule has 0 bridgehead atoms. The molecule has 0 N–H and O–H groups in total. The fourth-order valence-corrected chi connectivity index (χ4v) is 4.15. The Morgan fingerprint density at radius 2 is 1.74 bits per heavy atom. The predicted octanol–water partition coefficient (Wildman–Crippen LogP) is 5.13. The lowest BCUT2D eigenvalue weighted by molar-refractivity contribution is -0.133. The summed E-state index contributed by atoms with van der Waals surface area (Å²) < 4.78 is 18.9. The minimum absolute atomic E-state index is 0.115. The molecule has 0 spiro atoms. The molecule has 1 aliphatic rings. The fourth-order valence-electron chi connectivity index (χ4n) is 4.15. The molecule has 0 radical (unpaired) electrons.